The maximum atomic E-state index is 2.40. The summed E-state index contributed by atoms with van der Waals surface area (Å²) >= 11 is 3.96. The fourth-order valence-electron chi connectivity index (χ4n) is 1.99. The Kier molecular flexibility index (Phi) is 1.57. The van der Waals surface area contributed by atoms with Crippen LogP contribution in [0.5, 0.6) is 0 Å². The Hall–Kier alpha value is -0.383. The highest BCUT2D eigenvalue weighted by molar-refractivity contribution is 7.25. The number of hydrogen-bond donors (Lipinski definition) is 0. The molecule has 1 aliphatic heterocycles. The van der Waals surface area contributed by atoms with E-state index in [-0.39, 0.29) is 9.52 Å². The predicted octanol–water partition coefficient (Wildman–Crippen LogP) is 1.53. The highest BCUT2D eigenvalue weighted by atomic mass is 32.1. The van der Waals surface area contributed by atoms with Crippen LogP contribution in [0.2, 0.25) is 0 Å². The first-order chi connectivity index (χ1) is 6.24. The van der Waals surface area contributed by atoms with Gasteiger partial charge in [0, 0.05) is 19.5 Å². The topological polar surface area (TPSA) is 0 Å². The first-order valence-electron chi connectivity index (χ1n) is 4.43. The summed E-state index contributed by atoms with van der Waals surface area (Å²) in [6.07, 6.45) is 0. The molecule has 66 valence electrons. The van der Waals surface area contributed by atoms with Crippen molar-refractivity contribution in [2.45, 2.75) is 13.8 Å². The zero-order chi connectivity index (χ0) is 9.00. The summed E-state index contributed by atoms with van der Waals surface area (Å²) in [7, 11) is -0.0976. The van der Waals surface area contributed by atoms with Crippen LogP contribution < -0.4 is 10.4 Å². The monoisotopic (exact) mass is 222 g/mol. The lowest BCUT2D eigenvalue weighted by molar-refractivity contribution is 1.65. The molecule has 0 saturated heterocycles. The third-order valence-electron chi connectivity index (χ3n) is 2.45. The quantitative estimate of drug-likeness (QED) is 0.506. The fourth-order valence-corrected chi connectivity index (χ4v) is 7.43. The van der Waals surface area contributed by atoms with Gasteiger partial charge in [0.15, 0.2) is 0 Å². The van der Waals surface area contributed by atoms with E-state index in [1.165, 1.54) is 9.75 Å². The Balaban J connectivity index is 2.28. The molecule has 0 nitrogen and oxygen atoms in total. The molecular weight excluding hydrogens is 212 g/mol. The van der Waals surface area contributed by atoms with Crippen LogP contribution in [0.4, 0.5) is 0 Å². The first-order valence-corrected chi connectivity index (χ1v) is 7.48. The van der Waals surface area contributed by atoms with Gasteiger partial charge in [-0.25, -0.2) is 0 Å². The normalized spacial score (nSPS) is 13.1. The molecule has 13 heavy (non-hydrogen) atoms. The van der Waals surface area contributed by atoms with E-state index in [1.54, 1.807) is 20.1 Å². The molecule has 0 N–H and O–H groups in total. The van der Waals surface area contributed by atoms with Crippen molar-refractivity contribution < 1.29 is 0 Å². The minimum absolute atomic E-state index is 0.0976. The van der Waals surface area contributed by atoms with Crippen LogP contribution in [0.3, 0.4) is 0 Å². The summed E-state index contributed by atoms with van der Waals surface area (Å²) in [4.78, 5) is 6.15. The second-order valence-corrected chi connectivity index (χ2v) is 7.99. The van der Waals surface area contributed by atoms with Crippen LogP contribution in [0.15, 0.2) is 12.1 Å². The van der Waals surface area contributed by atoms with Gasteiger partial charge in [0.05, 0.1) is 9.52 Å². The number of fused-ring (bicyclic) bond motifs is 3. The number of aryl methyl sites for hydroxylation is 2. The Morgan fingerprint density at radius 3 is 1.85 bits per heavy atom. The van der Waals surface area contributed by atoms with Crippen LogP contribution in [0.25, 0.3) is 9.75 Å². The molecular formula is C10H10S2Si. The molecule has 0 amide bonds. The highest BCUT2D eigenvalue weighted by Gasteiger charge is 2.22. The molecule has 0 saturated carbocycles. The third kappa shape index (κ3) is 1.07. The number of thiophene rings is 2. The van der Waals surface area contributed by atoms with E-state index >= 15 is 0 Å². The molecule has 3 rings (SSSR count). The van der Waals surface area contributed by atoms with Gasteiger partial charge in [-0.15, -0.1) is 22.7 Å². The van der Waals surface area contributed by atoms with Crippen molar-refractivity contribution in [1.82, 2.24) is 0 Å². The molecule has 0 bridgehead atoms. The maximum Gasteiger partial charge on any atom is 0.0914 e. The van der Waals surface area contributed by atoms with E-state index in [0.717, 1.165) is 0 Å². The molecule has 3 heterocycles. The molecule has 0 radical (unpaired) electrons. The zero-order valence-corrected chi connectivity index (χ0v) is 10.7. The molecule has 0 atom stereocenters. The molecule has 3 heteroatoms. The summed E-state index contributed by atoms with van der Waals surface area (Å²) in [6.45, 7) is 4.44. The van der Waals surface area contributed by atoms with Gasteiger partial charge in [0.2, 0.25) is 0 Å². The van der Waals surface area contributed by atoms with Gasteiger partial charge in [-0.3, -0.25) is 0 Å². The van der Waals surface area contributed by atoms with Gasteiger partial charge in [-0.2, -0.15) is 0 Å². The Morgan fingerprint density at radius 2 is 1.38 bits per heavy atom. The lowest BCUT2D eigenvalue weighted by Crippen LogP contribution is -2.18. The molecule has 1 aliphatic rings. The van der Waals surface area contributed by atoms with E-state index in [9.17, 15) is 0 Å². The lowest BCUT2D eigenvalue weighted by atomic mass is 10.3. The van der Waals surface area contributed by atoms with Gasteiger partial charge < -0.3 is 0 Å². The van der Waals surface area contributed by atoms with Crippen LogP contribution in [0, 0.1) is 13.8 Å². The fraction of sp³-hybridized carbons (Fsp3) is 0.200. The molecule has 0 unspecified atom stereocenters. The minimum Gasteiger partial charge on any atom is -0.140 e. The van der Waals surface area contributed by atoms with Gasteiger partial charge in [0.1, 0.15) is 0 Å². The summed E-state index contributed by atoms with van der Waals surface area (Å²) in [5.74, 6) is 0. The molecule has 0 aliphatic carbocycles. The van der Waals surface area contributed by atoms with E-state index in [2.05, 4.69) is 26.0 Å². The van der Waals surface area contributed by atoms with Gasteiger partial charge in [0.25, 0.3) is 0 Å². The van der Waals surface area contributed by atoms with E-state index in [0.29, 0.717) is 0 Å². The standard InChI is InChI=1S/C10H10S2Si/c1-5-3-7-9(11-5)10-8(13-7)4-6(2)12-10/h3-4H,13H2,1-2H3. The van der Waals surface area contributed by atoms with Gasteiger partial charge in [-0.1, -0.05) is 0 Å². The van der Waals surface area contributed by atoms with Crippen molar-refractivity contribution in [2.75, 3.05) is 0 Å². The molecule has 0 spiro atoms. The first kappa shape index (κ1) is 7.97. The number of hydrogen-bond acceptors (Lipinski definition) is 2. The lowest BCUT2D eigenvalue weighted by Gasteiger charge is -1.87. The van der Waals surface area contributed by atoms with Gasteiger partial charge >= 0.3 is 0 Å². The number of rotatable bonds is 0. The van der Waals surface area contributed by atoms with Crippen LogP contribution in [-0.4, -0.2) is 9.52 Å². The van der Waals surface area contributed by atoms with E-state index in [1.807, 2.05) is 22.7 Å². The van der Waals surface area contributed by atoms with Crippen LogP contribution in [0.1, 0.15) is 9.75 Å². The summed E-state index contributed by atoms with van der Waals surface area (Å²) in [6, 6.07) is 4.79. The molecule has 2 aromatic heterocycles. The van der Waals surface area contributed by atoms with Crippen molar-refractivity contribution in [2.24, 2.45) is 0 Å². The SMILES string of the molecule is Cc1cc2c(s1)-c1sc(C)cc1[SiH2]2. The second kappa shape index (κ2) is 2.56. The molecule has 0 aromatic carbocycles. The Labute approximate surface area is 88.1 Å². The Bertz CT molecular complexity index is 435. The second-order valence-electron chi connectivity index (χ2n) is 3.60. The molecule has 0 fully saturated rings. The predicted molar refractivity (Wildman–Crippen MR) is 64.9 cm³/mol. The van der Waals surface area contributed by atoms with Gasteiger partial charge in [-0.05, 0) is 36.4 Å². The average Bonchev–Trinajstić information content (AvgIpc) is 2.60. The minimum atomic E-state index is -0.0976. The third-order valence-corrected chi connectivity index (χ3v) is 7.19. The highest BCUT2D eigenvalue weighted by Crippen LogP contribution is 2.33. The maximum absolute atomic E-state index is 2.40. The van der Waals surface area contributed by atoms with Crippen LogP contribution >= 0.6 is 22.7 Å². The Morgan fingerprint density at radius 1 is 0.923 bits per heavy atom. The summed E-state index contributed by atoms with van der Waals surface area (Å²) in [5.41, 5.74) is 0. The van der Waals surface area contributed by atoms with E-state index in [4.69, 9.17) is 0 Å². The van der Waals surface area contributed by atoms with Crippen molar-refractivity contribution in [3.8, 4) is 9.75 Å². The van der Waals surface area contributed by atoms with Crippen molar-refractivity contribution in [3.63, 3.8) is 0 Å². The van der Waals surface area contributed by atoms with Crippen LogP contribution in [-0.2, 0) is 0 Å². The average molecular weight is 222 g/mol. The smallest absolute Gasteiger partial charge is 0.0914 e. The van der Waals surface area contributed by atoms with Crippen molar-refractivity contribution in [1.29, 1.82) is 0 Å². The molecule has 2 aromatic rings. The zero-order valence-electron chi connectivity index (χ0n) is 7.68. The van der Waals surface area contributed by atoms with Crippen molar-refractivity contribution >= 4 is 42.6 Å². The summed E-state index contributed by atoms with van der Waals surface area (Å²) < 4.78 is 0. The van der Waals surface area contributed by atoms with Crippen molar-refractivity contribution in [3.05, 3.63) is 21.9 Å². The summed E-state index contributed by atoms with van der Waals surface area (Å²) in [5, 5.41) is 3.37. The largest absolute Gasteiger partial charge is 0.140 e. The van der Waals surface area contributed by atoms with E-state index < -0.39 is 0 Å².